The van der Waals surface area contributed by atoms with Crippen LogP contribution >= 0.6 is 0 Å². The van der Waals surface area contributed by atoms with Crippen LogP contribution in [0.1, 0.15) is 24.0 Å². The average Bonchev–Trinajstić information content (AvgIpc) is 2.52. The van der Waals surface area contributed by atoms with Crippen molar-refractivity contribution < 1.29 is 5.11 Å². The Hall–Kier alpha value is -1.93. The van der Waals surface area contributed by atoms with Crippen LogP contribution in [0.2, 0.25) is 0 Å². The largest absolute Gasteiger partial charge is 0.396 e. The summed E-state index contributed by atoms with van der Waals surface area (Å²) in [7, 11) is 0. The summed E-state index contributed by atoms with van der Waals surface area (Å²) in [6, 6.07) is 14.3. The highest BCUT2D eigenvalue weighted by Crippen LogP contribution is 2.16. The average molecular weight is 267 g/mol. The van der Waals surface area contributed by atoms with E-state index in [0.717, 1.165) is 19.3 Å². The Bertz CT molecular complexity index is 507. The number of aryl methyl sites for hydroxylation is 1. The predicted octanol–water partition coefficient (Wildman–Crippen LogP) is 3.73. The van der Waals surface area contributed by atoms with Crippen LogP contribution in [-0.4, -0.2) is 16.7 Å². The first-order valence-corrected chi connectivity index (χ1v) is 7.11. The van der Waals surface area contributed by atoms with Gasteiger partial charge in [0.2, 0.25) is 0 Å². The molecule has 0 saturated carbocycles. The van der Waals surface area contributed by atoms with Crippen molar-refractivity contribution in [3.8, 4) is 0 Å². The Kier molecular flexibility index (Phi) is 6.00. The molecule has 2 aromatic rings. The molecule has 104 valence electrons. The van der Waals surface area contributed by atoms with E-state index in [4.69, 9.17) is 0 Å². The summed E-state index contributed by atoms with van der Waals surface area (Å²) in [4.78, 5) is 4.13. The molecule has 2 heteroatoms. The molecular formula is C18H21NO. The maximum atomic E-state index is 9.18. The number of hydrogen-bond donors (Lipinski definition) is 1. The lowest BCUT2D eigenvalue weighted by molar-refractivity contribution is 0.267. The summed E-state index contributed by atoms with van der Waals surface area (Å²) in [6.45, 7) is 0.233. The molecule has 0 bridgehead atoms. The van der Waals surface area contributed by atoms with Crippen LogP contribution in [0.4, 0.5) is 0 Å². The van der Waals surface area contributed by atoms with Gasteiger partial charge in [0, 0.05) is 19.0 Å². The van der Waals surface area contributed by atoms with Crippen molar-refractivity contribution in [2.24, 2.45) is 5.92 Å². The molecule has 1 aromatic heterocycles. The van der Waals surface area contributed by atoms with Crippen LogP contribution in [0.25, 0.3) is 6.08 Å². The van der Waals surface area contributed by atoms with Gasteiger partial charge in [-0.15, -0.1) is 0 Å². The Morgan fingerprint density at radius 1 is 1.05 bits per heavy atom. The molecule has 0 radical (unpaired) electrons. The van der Waals surface area contributed by atoms with Crippen molar-refractivity contribution in [2.75, 3.05) is 6.61 Å². The number of pyridine rings is 1. The fourth-order valence-corrected chi connectivity index (χ4v) is 2.21. The first kappa shape index (κ1) is 14.5. The monoisotopic (exact) mass is 267 g/mol. The van der Waals surface area contributed by atoms with Crippen molar-refractivity contribution in [2.45, 2.75) is 19.3 Å². The van der Waals surface area contributed by atoms with Crippen molar-refractivity contribution >= 4 is 6.08 Å². The molecule has 1 unspecified atom stereocenters. The van der Waals surface area contributed by atoms with E-state index >= 15 is 0 Å². The molecule has 20 heavy (non-hydrogen) atoms. The van der Waals surface area contributed by atoms with Crippen molar-refractivity contribution in [3.63, 3.8) is 0 Å². The highest BCUT2D eigenvalue weighted by Gasteiger charge is 2.05. The molecule has 1 N–H and O–H groups in total. The normalized spacial score (nSPS) is 12.7. The van der Waals surface area contributed by atoms with E-state index in [1.165, 1.54) is 11.1 Å². The summed E-state index contributed by atoms with van der Waals surface area (Å²) in [5, 5.41) is 9.18. The lowest BCUT2D eigenvalue weighted by Gasteiger charge is -2.11. The van der Waals surface area contributed by atoms with Gasteiger partial charge in [-0.3, -0.25) is 4.98 Å². The fourth-order valence-electron chi connectivity index (χ4n) is 2.21. The highest BCUT2D eigenvalue weighted by molar-refractivity contribution is 5.48. The third kappa shape index (κ3) is 4.98. The number of aromatic nitrogens is 1. The zero-order chi connectivity index (χ0) is 14.0. The molecule has 0 saturated heterocycles. The summed E-state index contributed by atoms with van der Waals surface area (Å²) in [5.41, 5.74) is 2.46. The number of nitrogens with zero attached hydrogens (tertiary/aromatic N) is 1. The van der Waals surface area contributed by atoms with Gasteiger partial charge in [0.25, 0.3) is 0 Å². The molecule has 0 amide bonds. The van der Waals surface area contributed by atoms with Crippen LogP contribution in [-0.2, 0) is 6.42 Å². The predicted molar refractivity (Wildman–Crippen MR) is 83.2 cm³/mol. The number of benzene rings is 1. The Morgan fingerprint density at radius 2 is 1.90 bits per heavy atom. The van der Waals surface area contributed by atoms with Gasteiger partial charge in [-0.2, -0.15) is 0 Å². The summed E-state index contributed by atoms with van der Waals surface area (Å²) >= 11 is 0. The standard InChI is InChI=1S/C18H21NO/c20-14-12-17(9-8-16-5-2-1-3-6-16)10-11-18-7-4-13-19-15-18/h1-9,13,15,17,20H,10-12,14H2. The van der Waals surface area contributed by atoms with Crippen molar-refractivity contribution in [3.05, 3.63) is 72.1 Å². The first-order valence-electron chi connectivity index (χ1n) is 7.11. The number of rotatable bonds is 7. The van der Waals surface area contributed by atoms with Gasteiger partial charge >= 0.3 is 0 Å². The second-order valence-corrected chi connectivity index (χ2v) is 4.94. The zero-order valence-corrected chi connectivity index (χ0v) is 11.7. The molecule has 1 atom stereocenters. The number of aliphatic hydroxyl groups is 1. The molecule has 0 aliphatic carbocycles. The molecule has 1 heterocycles. The minimum absolute atomic E-state index is 0.233. The van der Waals surface area contributed by atoms with Gasteiger partial charge in [-0.05, 0) is 42.4 Å². The fraction of sp³-hybridized carbons (Fsp3) is 0.278. The Morgan fingerprint density at radius 3 is 2.60 bits per heavy atom. The number of aliphatic hydroxyl groups excluding tert-OH is 1. The Labute approximate surface area is 120 Å². The van der Waals surface area contributed by atoms with E-state index in [-0.39, 0.29) is 6.61 Å². The van der Waals surface area contributed by atoms with E-state index in [9.17, 15) is 5.11 Å². The quantitative estimate of drug-likeness (QED) is 0.829. The number of allylic oxidation sites excluding steroid dienone is 1. The number of hydrogen-bond acceptors (Lipinski definition) is 2. The summed E-state index contributed by atoms with van der Waals surface area (Å²) in [5.74, 6) is 0.403. The van der Waals surface area contributed by atoms with Crippen LogP contribution in [0.5, 0.6) is 0 Å². The molecule has 2 rings (SSSR count). The maximum absolute atomic E-state index is 9.18. The topological polar surface area (TPSA) is 33.1 Å². The molecule has 0 aliphatic rings. The van der Waals surface area contributed by atoms with E-state index < -0.39 is 0 Å². The van der Waals surface area contributed by atoms with Crippen LogP contribution in [0, 0.1) is 5.92 Å². The molecule has 0 spiro atoms. The van der Waals surface area contributed by atoms with Gasteiger partial charge in [0.15, 0.2) is 0 Å². The van der Waals surface area contributed by atoms with E-state index in [2.05, 4.69) is 35.3 Å². The van der Waals surface area contributed by atoms with Crippen LogP contribution in [0.15, 0.2) is 60.9 Å². The van der Waals surface area contributed by atoms with Gasteiger partial charge in [-0.1, -0.05) is 48.6 Å². The molecular weight excluding hydrogens is 246 g/mol. The van der Waals surface area contributed by atoms with Crippen molar-refractivity contribution in [1.29, 1.82) is 0 Å². The van der Waals surface area contributed by atoms with E-state index in [1.54, 1.807) is 6.20 Å². The van der Waals surface area contributed by atoms with Crippen molar-refractivity contribution in [1.82, 2.24) is 4.98 Å². The lowest BCUT2D eigenvalue weighted by Crippen LogP contribution is -2.02. The summed E-state index contributed by atoms with van der Waals surface area (Å²) < 4.78 is 0. The van der Waals surface area contributed by atoms with Gasteiger partial charge < -0.3 is 5.11 Å². The van der Waals surface area contributed by atoms with Gasteiger partial charge in [0.05, 0.1) is 0 Å². The van der Waals surface area contributed by atoms with E-state index in [0.29, 0.717) is 5.92 Å². The lowest BCUT2D eigenvalue weighted by atomic mass is 9.96. The first-order chi connectivity index (χ1) is 9.88. The SMILES string of the molecule is OCCC(C=Cc1ccccc1)CCc1cccnc1. The van der Waals surface area contributed by atoms with Gasteiger partial charge in [0.1, 0.15) is 0 Å². The zero-order valence-electron chi connectivity index (χ0n) is 11.7. The van der Waals surface area contributed by atoms with Crippen LogP contribution in [0.3, 0.4) is 0 Å². The van der Waals surface area contributed by atoms with Crippen LogP contribution < -0.4 is 0 Å². The third-order valence-electron chi connectivity index (χ3n) is 3.39. The minimum atomic E-state index is 0.233. The smallest absolute Gasteiger partial charge is 0.0436 e. The minimum Gasteiger partial charge on any atom is -0.396 e. The Balaban J connectivity index is 1.92. The molecule has 0 fully saturated rings. The third-order valence-corrected chi connectivity index (χ3v) is 3.39. The molecule has 0 aliphatic heterocycles. The molecule has 1 aromatic carbocycles. The second kappa shape index (κ2) is 8.28. The second-order valence-electron chi connectivity index (χ2n) is 4.94. The molecule has 2 nitrogen and oxygen atoms in total. The summed E-state index contributed by atoms with van der Waals surface area (Å²) in [6.07, 6.45) is 10.9. The van der Waals surface area contributed by atoms with E-state index in [1.807, 2.05) is 30.5 Å². The highest BCUT2D eigenvalue weighted by atomic mass is 16.3. The maximum Gasteiger partial charge on any atom is 0.0436 e. The van der Waals surface area contributed by atoms with Gasteiger partial charge in [-0.25, -0.2) is 0 Å².